The van der Waals surface area contributed by atoms with Crippen LogP contribution in [-0.4, -0.2) is 30.5 Å². The first-order chi connectivity index (χ1) is 12.9. The van der Waals surface area contributed by atoms with Gasteiger partial charge >= 0.3 is 5.51 Å². The van der Waals surface area contributed by atoms with Crippen LogP contribution < -0.4 is 0 Å². The number of piperidine rings is 1. The maximum Gasteiger partial charge on any atom is 0.446 e. The predicted octanol–water partition coefficient (Wildman–Crippen LogP) is 6.31. The summed E-state index contributed by atoms with van der Waals surface area (Å²) in [6, 6.07) is 13.2. The molecule has 1 aliphatic heterocycles. The van der Waals surface area contributed by atoms with Gasteiger partial charge in [0.1, 0.15) is 0 Å². The van der Waals surface area contributed by atoms with Gasteiger partial charge in [-0.2, -0.15) is 13.2 Å². The molecule has 0 saturated carbocycles. The smallest absolute Gasteiger partial charge is 0.306 e. The molecule has 1 nitrogen and oxygen atoms in total. The van der Waals surface area contributed by atoms with Gasteiger partial charge in [0.15, 0.2) is 0 Å². The van der Waals surface area contributed by atoms with Crippen LogP contribution in [0.25, 0.3) is 17.7 Å². The highest BCUT2D eigenvalue weighted by molar-refractivity contribution is 8.00. The fourth-order valence-electron chi connectivity index (χ4n) is 3.81. The Bertz CT molecular complexity index is 917. The monoisotopic (exact) mass is 387 g/mol. The van der Waals surface area contributed by atoms with Crippen molar-refractivity contribution in [2.24, 2.45) is 0 Å². The third-order valence-electron chi connectivity index (χ3n) is 5.14. The highest BCUT2D eigenvalue weighted by Gasteiger charge is 2.30. The zero-order valence-corrected chi connectivity index (χ0v) is 15.8. The Hall–Kier alpha value is -1.98. The Morgan fingerprint density at radius 2 is 1.56 bits per heavy atom. The average molecular weight is 387 g/mol. The second-order valence-corrected chi connectivity index (χ2v) is 8.14. The van der Waals surface area contributed by atoms with Gasteiger partial charge in [-0.3, -0.25) is 0 Å². The molecule has 27 heavy (non-hydrogen) atoms. The summed E-state index contributed by atoms with van der Waals surface area (Å²) < 4.78 is 38.8. The van der Waals surface area contributed by atoms with E-state index in [-0.39, 0.29) is 16.7 Å². The van der Waals surface area contributed by atoms with Gasteiger partial charge in [-0.1, -0.05) is 48.1 Å². The van der Waals surface area contributed by atoms with Crippen LogP contribution in [0.2, 0.25) is 0 Å². The molecule has 0 bridgehead atoms. The van der Waals surface area contributed by atoms with Crippen molar-refractivity contribution in [3.8, 4) is 0 Å². The number of rotatable bonds is 1. The van der Waals surface area contributed by atoms with Crippen LogP contribution in [0.5, 0.6) is 0 Å². The fourth-order valence-corrected chi connectivity index (χ4v) is 4.39. The number of hydrogen-bond donors (Lipinski definition) is 0. The first kappa shape index (κ1) is 18.4. The quantitative estimate of drug-likeness (QED) is 0.450. The van der Waals surface area contributed by atoms with Crippen molar-refractivity contribution < 1.29 is 13.2 Å². The van der Waals surface area contributed by atoms with E-state index in [1.807, 2.05) is 18.2 Å². The number of fused-ring (bicyclic) bond motifs is 2. The second kappa shape index (κ2) is 7.21. The molecule has 1 aliphatic carbocycles. The second-order valence-electron chi connectivity index (χ2n) is 7.00. The molecule has 5 heteroatoms. The summed E-state index contributed by atoms with van der Waals surface area (Å²) in [6.45, 7) is 1.95. The third-order valence-corrected chi connectivity index (χ3v) is 5.87. The molecule has 2 aliphatic rings. The van der Waals surface area contributed by atoms with Gasteiger partial charge in [-0.05, 0) is 71.6 Å². The van der Waals surface area contributed by atoms with E-state index in [1.165, 1.54) is 5.57 Å². The van der Waals surface area contributed by atoms with E-state index in [4.69, 9.17) is 0 Å². The van der Waals surface area contributed by atoms with Crippen LogP contribution in [0.15, 0.2) is 52.9 Å². The normalized spacial score (nSPS) is 17.5. The standard InChI is InChI=1S/C22H20F3NS/c1-26-12-10-17(11-13-26)21-19-5-3-2-4-15(19)6-7-16-8-9-18(14-20(16)21)27-22(23,24)25/h2-9,14H,10-13H2,1H3. The summed E-state index contributed by atoms with van der Waals surface area (Å²) in [5.74, 6) is 0. The maximum absolute atomic E-state index is 12.9. The molecule has 140 valence electrons. The number of hydrogen-bond acceptors (Lipinski definition) is 2. The van der Waals surface area contributed by atoms with E-state index >= 15 is 0 Å². The molecule has 0 radical (unpaired) electrons. The zero-order valence-electron chi connectivity index (χ0n) is 15.0. The molecule has 0 atom stereocenters. The Labute approximate surface area is 161 Å². The topological polar surface area (TPSA) is 3.24 Å². The number of likely N-dealkylation sites (tertiary alicyclic amines) is 1. The summed E-state index contributed by atoms with van der Waals surface area (Å²) in [4.78, 5) is 2.53. The van der Waals surface area contributed by atoms with Crippen molar-refractivity contribution in [1.29, 1.82) is 0 Å². The van der Waals surface area contributed by atoms with Crippen LogP contribution in [0.4, 0.5) is 13.2 Å². The van der Waals surface area contributed by atoms with Crippen molar-refractivity contribution in [1.82, 2.24) is 4.90 Å². The lowest BCUT2D eigenvalue weighted by Crippen LogP contribution is -2.27. The molecule has 4 rings (SSSR count). The molecule has 0 unspecified atom stereocenters. The maximum atomic E-state index is 12.9. The molecule has 0 N–H and O–H groups in total. The Kier molecular flexibility index (Phi) is 4.91. The summed E-state index contributed by atoms with van der Waals surface area (Å²) in [5, 5.41) is 0. The number of alkyl halides is 3. The van der Waals surface area contributed by atoms with Gasteiger partial charge in [0, 0.05) is 18.0 Å². The molecule has 0 spiro atoms. The van der Waals surface area contributed by atoms with E-state index in [0.717, 1.165) is 53.8 Å². The minimum Gasteiger partial charge on any atom is -0.306 e. The molecule has 1 fully saturated rings. The van der Waals surface area contributed by atoms with Gasteiger partial charge in [0.05, 0.1) is 0 Å². The van der Waals surface area contributed by atoms with E-state index in [0.29, 0.717) is 0 Å². The van der Waals surface area contributed by atoms with Crippen LogP contribution in [0.3, 0.4) is 0 Å². The van der Waals surface area contributed by atoms with Gasteiger partial charge < -0.3 is 4.90 Å². The highest BCUT2D eigenvalue weighted by atomic mass is 32.2. The average Bonchev–Trinajstić information content (AvgIpc) is 2.78. The van der Waals surface area contributed by atoms with Gasteiger partial charge in [0.2, 0.25) is 0 Å². The Balaban J connectivity index is 1.90. The van der Waals surface area contributed by atoms with E-state index < -0.39 is 5.51 Å². The minimum atomic E-state index is -4.28. The minimum absolute atomic E-state index is 0.0442. The lowest BCUT2D eigenvalue weighted by molar-refractivity contribution is -0.0328. The molecule has 1 heterocycles. The summed E-state index contributed by atoms with van der Waals surface area (Å²) in [7, 11) is 2.11. The van der Waals surface area contributed by atoms with Crippen LogP contribution in [0.1, 0.15) is 35.1 Å². The van der Waals surface area contributed by atoms with Crippen molar-refractivity contribution in [2.75, 3.05) is 20.1 Å². The van der Waals surface area contributed by atoms with Gasteiger partial charge in [-0.25, -0.2) is 0 Å². The lowest BCUT2D eigenvalue weighted by Gasteiger charge is -2.27. The van der Waals surface area contributed by atoms with Crippen molar-refractivity contribution in [2.45, 2.75) is 23.2 Å². The van der Waals surface area contributed by atoms with E-state index in [1.54, 1.807) is 18.2 Å². The zero-order chi connectivity index (χ0) is 19.0. The molecule has 2 aromatic carbocycles. The van der Waals surface area contributed by atoms with Gasteiger partial charge in [-0.15, -0.1) is 0 Å². The van der Waals surface area contributed by atoms with E-state index in [9.17, 15) is 13.2 Å². The summed E-state index contributed by atoms with van der Waals surface area (Å²) >= 11 is -0.0442. The third kappa shape index (κ3) is 3.99. The molecule has 1 saturated heterocycles. The molecule has 2 aromatic rings. The van der Waals surface area contributed by atoms with Crippen molar-refractivity contribution >= 4 is 29.5 Å². The molecular weight excluding hydrogens is 367 g/mol. The Morgan fingerprint density at radius 3 is 2.26 bits per heavy atom. The molecule has 0 aromatic heterocycles. The molecule has 0 amide bonds. The van der Waals surface area contributed by atoms with Crippen LogP contribution in [-0.2, 0) is 0 Å². The Morgan fingerprint density at radius 1 is 0.889 bits per heavy atom. The SMILES string of the molecule is CN1CCC(=C2c3ccccc3C=Cc3ccc(SC(F)(F)F)cc32)CC1. The summed E-state index contributed by atoms with van der Waals surface area (Å²) in [6.07, 6.45) is 5.96. The van der Waals surface area contributed by atoms with Crippen molar-refractivity contribution in [3.63, 3.8) is 0 Å². The van der Waals surface area contributed by atoms with Crippen molar-refractivity contribution in [3.05, 3.63) is 70.3 Å². The highest BCUT2D eigenvalue weighted by Crippen LogP contribution is 2.42. The number of halogens is 3. The van der Waals surface area contributed by atoms with Crippen LogP contribution in [0, 0.1) is 0 Å². The summed E-state index contributed by atoms with van der Waals surface area (Å²) in [5.41, 5.74) is 2.27. The van der Waals surface area contributed by atoms with E-state index in [2.05, 4.69) is 30.2 Å². The number of benzene rings is 2. The lowest BCUT2D eigenvalue weighted by atomic mass is 9.86. The number of thioether (sulfide) groups is 1. The van der Waals surface area contributed by atoms with Gasteiger partial charge in [0.25, 0.3) is 0 Å². The predicted molar refractivity (Wildman–Crippen MR) is 106 cm³/mol. The first-order valence-corrected chi connectivity index (χ1v) is 9.80. The first-order valence-electron chi connectivity index (χ1n) is 8.99. The largest absolute Gasteiger partial charge is 0.446 e. The van der Waals surface area contributed by atoms with Crippen LogP contribution >= 0.6 is 11.8 Å². The fraction of sp³-hybridized carbons (Fsp3) is 0.273. The molecular formula is C22H20F3NS. The number of nitrogens with zero attached hydrogens (tertiary/aromatic N) is 1.